The number of aliphatic carboxylic acids is 1. The maximum absolute atomic E-state index is 13.9. The topological polar surface area (TPSA) is 88.1 Å². The summed E-state index contributed by atoms with van der Waals surface area (Å²) in [6.07, 6.45) is -0.311. The molecule has 0 fully saturated rings. The van der Waals surface area contributed by atoms with E-state index in [9.17, 15) is 14.7 Å². The van der Waals surface area contributed by atoms with E-state index in [1.54, 1.807) is 29.2 Å². The molecule has 1 amide bonds. The van der Waals surface area contributed by atoms with Crippen molar-refractivity contribution in [2.75, 3.05) is 24.4 Å². The predicted molar refractivity (Wildman–Crippen MR) is 126 cm³/mol. The van der Waals surface area contributed by atoms with Gasteiger partial charge in [-0.05, 0) is 35.4 Å². The number of carboxylic acids is 1. The monoisotopic (exact) mass is 444 g/mol. The molecule has 33 heavy (non-hydrogen) atoms. The minimum Gasteiger partial charge on any atom is -0.495 e. The summed E-state index contributed by atoms with van der Waals surface area (Å²) < 4.78 is 10.9. The molecule has 7 heteroatoms. The maximum Gasteiger partial charge on any atom is 0.307 e. The van der Waals surface area contributed by atoms with E-state index in [1.165, 1.54) is 14.2 Å². The third kappa shape index (κ3) is 4.25. The number of amides is 1. The Morgan fingerprint density at radius 1 is 0.909 bits per heavy atom. The molecule has 0 radical (unpaired) electrons. The third-order valence-corrected chi connectivity index (χ3v) is 5.51. The molecule has 2 N–H and O–H groups in total. The van der Waals surface area contributed by atoms with Crippen LogP contribution in [0.25, 0.3) is 0 Å². The van der Waals surface area contributed by atoms with Crippen LogP contribution in [0.2, 0.25) is 0 Å². The van der Waals surface area contributed by atoms with Crippen LogP contribution >= 0.6 is 0 Å². The van der Waals surface area contributed by atoms with Gasteiger partial charge in [0.2, 0.25) is 0 Å². The summed E-state index contributed by atoms with van der Waals surface area (Å²) >= 11 is 0. The highest BCUT2D eigenvalue weighted by Crippen LogP contribution is 2.45. The molecule has 1 unspecified atom stereocenters. The first-order valence-corrected chi connectivity index (χ1v) is 10.4. The largest absolute Gasteiger partial charge is 0.495 e. The molecule has 1 atom stereocenters. The number of benzene rings is 3. The number of methoxy groups -OCH3 is 2. The molecule has 7 nitrogen and oxygen atoms in total. The molecule has 4 rings (SSSR count). The number of rotatable bonds is 8. The Bertz CT molecular complexity index is 1210. The van der Waals surface area contributed by atoms with E-state index in [-0.39, 0.29) is 18.0 Å². The smallest absolute Gasteiger partial charge is 0.307 e. The number of anilines is 2. The van der Waals surface area contributed by atoms with E-state index in [0.717, 1.165) is 5.56 Å². The molecule has 0 saturated heterocycles. The van der Waals surface area contributed by atoms with Gasteiger partial charge in [0.15, 0.2) is 0 Å². The molecule has 1 aliphatic heterocycles. The number of nitrogens with zero attached hydrogens (tertiary/aromatic N) is 1. The van der Waals surface area contributed by atoms with Gasteiger partial charge in [0.05, 0.1) is 38.1 Å². The lowest BCUT2D eigenvalue weighted by Crippen LogP contribution is -2.31. The molecular formula is C26H24N2O5. The Kier molecular flexibility index (Phi) is 6.31. The predicted octanol–water partition coefficient (Wildman–Crippen LogP) is 4.63. The van der Waals surface area contributed by atoms with Crippen LogP contribution in [-0.4, -0.2) is 31.2 Å². The van der Waals surface area contributed by atoms with Crippen molar-refractivity contribution >= 4 is 23.3 Å². The van der Waals surface area contributed by atoms with Crippen molar-refractivity contribution in [3.8, 4) is 11.5 Å². The second-order valence-electron chi connectivity index (χ2n) is 7.46. The van der Waals surface area contributed by atoms with Gasteiger partial charge >= 0.3 is 5.97 Å². The van der Waals surface area contributed by atoms with Gasteiger partial charge in [0, 0.05) is 0 Å². The highest BCUT2D eigenvalue weighted by molar-refractivity contribution is 6.13. The minimum atomic E-state index is -1.03. The number of carbonyl (C=O) groups is 2. The van der Waals surface area contributed by atoms with E-state index in [0.29, 0.717) is 28.4 Å². The van der Waals surface area contributed by atoms with Crippen LogP contribution in [0.15, 0.2) is 90.1 Å². The second-order valence-corrected chi connectivity index (χ2v) is 7.46. The molecule has 0 spiro atoms. The summed E-state index contributed by atoms with van der Waals surface area (Å²) in [6, 6.07) is 23.1. The molecule has 0 bridgehead atoms. The average molecular weight is 444 g/mol. The summed E-state index contributed by atoms with van der Waals surface area (Å²) in [4.78, 5) is 27.3. The van der Waals surface area contributed by atoms with Crippen LogP contribution < -0.4 is 19.7 Å². The molecule has 0 saturated carbocycles. The van der Waals surface area contributed by atoms with Crippen molar-refractivity contribution in [3.05, 3.63) is 95.7 Å². The van der Waals surface area contributed by atoms with Crippen molar-refractivity contribution in [1.29, 1.82) is 0 Å². The number of carbonyl (C=O) groups excluding carboxylic acids is 1. The van der Waals surface area contributed by atoms with Crippen LogP contribution in [0.1, 0.15) is 18.0 Å². The Morgan fingerprint density at radius 2 is 1.52 bits per heavy atom. The molecule has 168 valence electrons. The highest BCUT2D eigenvalue weighted by Gasteiger charge is 2.43. The zero-order valence-electron chi connectivity index (χ0n) is 18.3. The van der Waals surface area contributed by atoms with Crippen molar-refractivity contribution in [3.63, 3.8) is 0 Å². The summed E-state index contributed by atoms with van der Waals surface area (Å²) in [5, 5.41) is 12.9. The Labute approximate surface area is 191 Å². The zero-order valence-corrected chi connectivity index (χ0v) is 18.3. The van der Waals surface area contributed by atoms with Crippen LogP contribution in [0.3, 0.4) is 0 Å². The van der Waals surface area contributed by atoms with Crippen LogP contribution in [-0.2, 0) is 9.59 Å². The highest BCUT2D eigenvalue weighted by atomic mass is 16.5. The lowest BCUT2D eigenvalue weighted by atomic mass is 9.96. The SMILES string of the molecule is COc1ccccc1NC1=C(CC(=O)O)C(c2ccccc2)N(c2ccccc2OC)C1=O. The summed E-state index contributed by atoms with van der Waals surface area (Å²) in [6.45, 7) is 0. The van der Waals surface area contributed by atoms with Gasteiger partial charge in [-0.2, -0.15) is 0 Å². The second kappa shape index (κ2) is 9.48. The van der Waals surface area contributed by atoms with Crippen molar-refractivity contribution < 1.29 is 24.2 Å². The van der Waals surface area contributed by atoms with Crippen molar-refractivity contribution in [1.82, 2.24) is 0 Å². The normalized spacial score (nSPS) is 15.5. The number of hydrogen-bond acceptors (Lipinski definition) is 5. The van der Waals surface area contributed by atoms with Crippen molar-refractivity contribution in [2.45, 2.75) is 12.5 Å². The lowest BCUT2D eigenvalue weighted by molar-refractivity contribution is -0.136. The quantitative estimate of drug-likeness (QED) is 0.527. The number of hydrogen-bond donors (Lipinski definition) is 2. The van der Waals surface area contributed by atoms with Gasteiger partial charge in [-0.15, -0.1) is 0 Å². The van der Waals surface area contributed by atoms with Crippen LogP contribution in [0.5, 0.6) is 11.5 Å². The number of carboxylic acid groups (broad SMARTS) is 1. The van der Waals surface area contributed by atoms with Gasteiger partial charge in [0.1, 0.15) is 17.2 Å². The van der Waals surface area contributed by atoms with Crippen molar-refractivity contribution in [2.24, 2.45) is 0 Å². The average Bonchev–Trinajstić information content (AvgIpc) is 3.10. The Morgan fingerprint density at radius 3 is 2.18 bits per heavy atom. The molecule has 0 aromatic heterocycles. The van der Waals surface area contributed by atoms with Gasteiger partial charge in [-0.1, -0.05) is 54.6 Å². The molecule has 3 aromatic carbocycles. The van der Waals surface area contributed by atoms with Gasteiger partial charge in [0.25, 0.3) is 5.91 Å². The molecule has 3 aromatic rings. The minimum absolute atomic E-state index is 0.210. The molecule has 0 aliphatic carbocycles. The Balaban J connectivity index is 1.91. The van der Waals surface area contributed by atoms with Crippen LogP contribution in [0, 0.1) is 0 Å². The fraction of sp³-hybridized carbons (Fsp3) is 0.154. The standard InChI is InChI=1S/C26H24N2O5/c1-32-21-14-8-6-12-19(21)27-24-18(16-23(29)30)25(17-10-4-3-5-11-17)28(26(24)31)20-13-7-9-15-22(20)33-2/h3-15,25,27H,16H2,1-2H3,(H,29,30). The van der Waals surface area contributed by atoms with Gasteiger partial charge in [-0.3, -0.25) is 14.5 Å². The van der Waals surface area contributed by atoms with E-state index >= 15 is 0 Å². The summed E-state index contributed by atoms with van der Waals surface area (Å²) in [5.74, 6) is -0.324. The summed E-state index contributed by atoms with van der Waals surface area (Å²) in [7, 11) is 3.08. The van der Waals surface area contributed by atoms with E-state index in [4.69, 9.17) is 9.47 Å². The lowest BCUT2D eigenvalue weighted by Gasteiger charge is -2.28. The molecule has 1 heterocycles. The van der Waals surface area contributed by atoms with Gasteiger partial charge < -0.3 is 19.9 Å². The molecular weight excluding hydrogens is 420 g/mol. The molecule has 1 aliphatic rings. The van der Waals surface area contributed by atoms with E-state index < -0.39 is 12.0 Å². The van der Waals surface area contributed by atoms with E-state index in [2.05, 4.69) is 5.32 Å². The van der Waals surface area contributed by atoms with Gasteiger partial charge in [-0.25, -0.2) is 0 Å². The third-order valence-electron chi connectivity index (χ3n) is 5.51. The fourth-order valence-corrected chi connectivity index (χ4v) is 4.09. The maximum atomic E-state index is 13.9. The van der Waals surface area contributed by atoms with Crippen LogP contribution in [0.4, 0.5) is 11.4 Å². The number of nitrogens with one attached hydrogen (secondary N) is 1. The first-order chi connectivity index (χ1) is 16.0. The van der Waals surface area contributed by atoms with E-state index in [1.807, 2.05) is 54.6 Å². The fourth-order valence-electron chi connectivity index (χ4n) is 4.09. The zero-order chi connectivity index (χ0) is 23.4. The first-order valence-electron chi connectivity index (χ1n) is 10.4. The summed E-state index contributed by atoms with van der Waals surface area (Å²) in [5.41, 5.74) is 2.58. The number of para-hydroxylation sites is 4. The number of ether oxygens (including phenoxy) is 2. The Hall–Kier alpha value is -4.26. The first kappa shape index (κ1) is 22.0.